The van der Waals surface area contributed by atoms with Crippen LogP contribution in [-0.2, 0) is 6.18 Å². The third-order valence-corrected chi connectivity index (χ3v) is 3.44. The van der Waals surface area contributed by atoms with Gasteiger partial charge in [-0.15, -0.1) is 0 Å². The van der Waals surface area contributed by atoms with E-state index >= 15 is 0 Å². The summed E-state index contributed by atoms with van der Waals surface area (Å²) in [6.07, 6.45) is -3.21. The molecule has 2 rings (SSSR count). The van der Waals surface area contributed by atoms with Crippen molar-refractivity contribution in [1.82, 2.24) is 5.43 Å². The number of hydrogen-bond donors (Lipinski definition) is 2. The van der Waals surface area contributed by atoms with E-state index in [1.165, 1.54) is 18.3 Å². The third kappa shape index (κ3) is 4.56. The van der Waals surface area contributed by atoms with Crippen molar-refractivity contribution in [2.75, 3.05) is 0 Å². The van der Waals surface area contributed by atoms with Gasteiger partial charge < -0.3 is 5.11 Å². The highest BCUT2D eigenvalue weighted by Crippen LogP contribution is 2.29. The summed E-state index contributed by atoms with van der Waals surface area (Å²) >= 11 is 3.12. The fraction of sp³-hybridized carbons (Fsp3) is 0.0667. The number of carbonyl (C=O) groups excluding carboxylic acids is 1. The van der Waals surface area contributed by atoms with E-state index < -0.39 is 17.6 Å². The minimum absolute atomic E-state index is 0.0511. The molecule has 0 heterocycles. The molecule has 0 aliphatic rings. The van der Waals surface area contributed by atoms with Crippen molar-refractivity contribution in [3.8, 4) is 5.75 Å². The van der Waals surface area contributed by atoms with Crippen LogP contribution in [0.5, 0.6) is 5.75 Å². The number of phenolic OH excluding ortho intramolecular Hbond substituents is 1. The van der Waals surface area contributed by atoms with Gasteiger partial charge in [0, 0.05) is 5.56 Å². The van der Waals surface area contributed by atoms with Crippen LogP contribution < -0.4 is 5.43 Å². The van der Waals surface area contributed by atoms with Crippen LogP contribution >= 0.6 is 15.9 Å². The van der Waals surface area contributed by atoms with Gasteiger partial charge >= 0.3 is 6.18 Å². The first-order valence-electron chi connectivity index (χ1n) is 6.26. The molecule has 8 heteroatoms. The van der Waals surface area contributed by atoms with Gasteiger partial charge in [-0.1, -0.05) is 6.07 Å². The summed E-state index contributed by atoms with van der Waals surface area (Å²) in [4.78, 5) is 11.8. The zero-order valence-corrected chi connectivity index (χ0v) is 13.0. The molecule has 23 heavy (non-hydrogen) atoms. The van der Waals surface area contributed by atoms with Crippen molar-refractivity contribution in [3.63, 3.8) is 0 Å². The number of rotatable bonds is 3. The minimum atomic E-state index is -4.52. The van der Waals surface area contributed by atoms with Crippen molar-refractivity contribution in [3.05, 3.63) is 63.6 Å². The van der Waals surface area contributed by atoms with Gasteiger partial charge in [0.25, 0.3) is 5.91 Å². The minimum Gasteiger partial charge on any atom is -0.507 e. The number of amides is 1. The summed E-state index contributed by atoms with van der Waals surface area (Å²) in [5.41, 5.74) is 1.67. The van der Waals surface area contributed by atoms with Crippen molar-refractivity contribution in [2.24, 2.45) is 5.10 Å². The molecule has 2 N–H and O–H groups in total. The van der Waals surface area contributed by atoms with Gasteiger partial charge in [0.15, 0.2) is 0 Å². The second kappa shape index (κ2) is 6.82. The highest BCUT2D eigenvalue weighted by Gasteiger charge is 2.30. The van der Waals surface area contributed by atoms with Gasteiger partial charge in [-0.25, -0.2) is 5.43 Å². The summed E-state index contributed by atoms with van der Waals surface area (Å²) in [5.74, 6) is -0.708. The van der Waals surface area contributed by atoms with Crippen LogP contribution in [0.4, 0.5) is 13.2 Å². The molecule has 0 fully saturated rings. The molecule has 1 amide bonds. The van der Waals surface area contributed by atoms with Crippen molar-refractivity contribution in [2.45, 2.75) is 6.18 Å². The van der Waals surface area contributed by atoms with Crippen LogP contribution in [0.2, 0.25) is 0 Å². The van der Waals surface area contributed by atoms with Crippen LogP contribution in [-0.4, -0.2) is 17.2 Å². The lowest BCUT2D eigenvalue weighted by Crippen LogP contribution is -2.18. The lowest BCUT2D eigenvalue weighted by atomic mass is 10.1. The Bertz CT molecular complexity index is 761. The molecule has 4 nitrogen and oxygen atoms in total. The normalized spacial score (nSPS) is 11.7. The Balaban J connectivity index is 2.07. The van der Waals surface area contributed by atoms with Crippen molar-refractivity contribution in [1.29, 1.82) is 0 Å². The van der Waals surface area contributed by atoms with E-state index in [1.54, 1.807) is 12.1 Å². The number of benzene rings is 2. The highest BCUT2D eigenvalue weighted by molar-refractivity contribution is 9.10. The molecule has 0 unspecified atom stereocenters. The summed E-state index contributed by atoms with van der Waals surface area (Å²) in [6, 6.07) is 8.60. The largest absolute Gasteiger partial charge is 0.507 e. The average molecular weight is 387 g/mol. The number of nitrogens with zero attached hydrogens (tertiary/aromatic N) is 1. The molecule has 2 aromatic carbocycles. The third-order valence-electron chi connectivity index (χ3n) is 2.80. The molecule has 0 saturated heterocycles. The Kier molecular flexibility index (Phi) is 5.05. The molecule has 0 bridgehead atoms. The number of aromatic hydroxyl groups is 1. The van der Waals surface area contributed by atoms with Crippen molar-refractivity contribution < 1.29 is 23.1 Å². The van der Waals surface area contributed by atoms with Gasteiger partial charge in [-0.05, 0) is 57.9 Å². The van der Waals surface area contributed by atoms with Gasteiger partial charge in [-0.2, -0.15) is 18.3 Å². The zero-order chi connectivity index (χ0) is 17.0. The molecule has 0 spiro atoms. The maximum Gasteiger partial charge on any atom is 0.416 e. The number of hydrazone groups is 1. The Labute approximate surface area is 137 Å². The monoisotopic (exact) mass is 386 g/mol. The molecule has 0 aliphatic carbocycles. The molecule has 0 aromatic heterocycles. The van der Waals surface area contributed by atoms with Gasteiger partial charge in [0.05, 0.1) is 16.3 Å². The number of phenols is 1. The lowest BCUT2D eigenvalue weighted by molar-refractivity contribution is -0.137. The molecular weight excluding hydrogens is 377 g/mol. The predicted octanol–water partition coefficient (Wildman–Crippen LogP) is 3.94. The first kappa shape index (κ1) is 17.0. The van der Waals surface area contributed by atoms with Crippen LogP contribution in [0.3, 0.4) is 0 Å². The van der Waals surface area contributed by atoms with Gasteiger partial charge in [-0.3, -0.25) is 4.79 Å². The second-order valence-corrected chi connectivity index (χ2v) is 5.34. The molecule has 120 valence electrons. The first-order chi connectivity index (χ1) is 10.8. The first-order valence-corrected chi connectivity index (χ1v) is 7.06. The predicted molar refractivity (Wildman–Crippen MR) is 82.3 cm³/mol. The quantitative estimate of drug-likeness (QED) is 0.619. The molecule has 0 atom stereocenters. The van der Waals surface area contributed by atoms with E-state index in [0.717, 1.165) is 18.2 Å². The molecule has 0 saturated carbocycles. The summed E-state index contributed by atoms with van der Waals surface area (Å²) in [7, 11) is 0. The lowest BCUT2D eigenvalue weighted by Gasteiger charge is -2.07. The average Bonchev–Trinajstić information content (AvgIpc) is 2.50. The number of halogens is 4. The fourth-order valence-corrected chi connectivity index (χ4v) is 2.07. The van der Waals surface area contributed by atoms with E-state index in [1.807, 2.05) is 0 Å². The fourth-order valence-electron chi connectivity index (χ4n) is 1.67. The van der Waals surface area contributed by atoms with Crippen LogP contribution in [0.15, 0.2) is 52.0 Å². The number of carbonyl (C=O) groups is 1. The summed E-state index contributed by atoms with van der Waals surface area (Å²) in [6.45, 7) is 0. The maximum atomic E-state index is 12.6. The Morgan fingerprint density at radius 3 is 2.61 bits per heavy atom. The van der Waals surface area contributed by atoms with E-state index in [4.69, 9.17) is 0 Å². The Hall–Kier alpha value is -2.35. The standard InChI is InChI=1S/C15H10BrF3N2O2/c16-12-6-9(4-5-13(12)22)8-20-21-14(23)10-2-1-3-11(7-10)15(17,18)19/h1-8,22H,(H,21,23)/b20-8-. The van der Waals surface area contributed by atoms with E-state index in [9.17, 15) is 23.1 Å². The zero-order valence-electron chi connectivity index (χ0n) is 11.4. The molecule has 2 aromatic rings. The van der Waals surface area contributed by atoms with E-state index in [-0.39, 0.29) is 11.3 Å². The molecule has 0 radical (unpaired) electrons. The number of hydrogen-bond acceptors (Lipinski definition) is 3. The van der Waals surface area contributed by atoms with Crippen molar-refractivity contribution >= 4 is 28.1 Å². The topological polar surface area (TPSA) is 61.7 Å². The smallest absolute Gasteiger partial charge is 0.416 e. The number of alkyl halides is 3. The molecule has 0 aliphatic heterocycles. The van der Waals surface area contributed by atoms with Crippen LogP contribution in [0.25, 0.3) is 0 Å². The maximum absolute atomic E-state index is 12.6. The molecular formula is C15H10BrF3N2O2. The van der Waals surface area contributed by atoms with Crippen LogP contribution in [0, 0.1) is 0 Å². The second-order valence-electron chi connectivity index (χ2n) is 4.49. The Morgan fingerprint density at radius 1 is 1.22 bits per heavy atom. The van der Waals surface area contributed by atoms with Gasteiger partial charge in [0.1, 0.15) is 5.75 Å². The summed E-state index contributed by atoms with van der Waals surface area (Å²) < 4.78 is 38.2. The Morgan fingerprint density at radius 2 is 1.96 bits per heavy atom. The SMILES string of the molecule is O=C(N/N=C\c1ccc(O)c(Br)c1)c1cccc(C(F)(F)F)c1. The van der Waals surface area contributed by atoms with E-state index in [0.29, 0.717) is 10.0 Å². The van der Waals surface area contributed by atoms with E-state index in [2.05, 4.69) is 26.5 Å². The highest BCUT2D eigenvalue weighted by atomic mass is 79.9. The summed E-state index contributed by atoms with van der Waals surface area (Å²) in [5, 5.41) is 13.0. The number of nitrogens with one attached hydrogen (secondary N) is 1. The van der Waals surface area contributed by atoms with Crippen LogP contribution in [0.1, 0.15) is 21.5 Å². The van der Waals surface area contributed by atoms with Gasteiger partial charge in [0.2, 0.25) is 0 Å².